The first kappa shape index (κ1) is 8.53. The van der Waals surface area contributed by atoms with E-state index >= 15 is 0 Å². The van der Waals surface area contributed by atoms with Crippen LogP contribution in [0.25, 0.3) is 0 Å². The van der Waals surface area contributed by atoms with Crippen molar-refractivity contribution >= 4 is 5.91 Å². The fraction of sp³-hybridized carbons (Fsp3) is 0.875. The number of piperidine rings is 1. The highest BCUT2D eigenvalue weighted by Gasteiger charge is 2.22. The summed E-state index contributed by atoms with van der Waals surface area (Å²) >= 11 is 0. The van der Waals surface area contributed by atoms with Crippen molar-refractivity contribution in [1.29, 1.82) is 0 Å². The predicted octanol–water partition coefficient (Wildman–Crippen LogP) is 0.690. The molecule has 1 aliphatic rings. The smallest absolute Gasteiger partial charge is 0.249 e. The first-order valence-corrected chi connectivity index (χ1v) is 4.13. The van der Waals surface area contributed by atoms with Crippen molar-refractivity contribution in [2.45, 2.75) is 38.9 Å². The molecule has 1 saturated heterocycles. The second-order valence-electron chi connectivity index (χ2n) is 3.11. The Hall–Kier alpha value is -0.570. The normalized spacial score (nSPS) is 25.4. The second-order valence-corrected chi connectivity index (χ2v) is 3.11. The molecule has 0 aliphatic carbocycles. The SMILES string of the molecule is CC(C)OC1CCCNC1=O. The molecule has 1 heterocycles. The molecule has 3 nitrogen and oxygen atoms in total. The van der Waals surface area contributed by atoms with E-state index in [9.17, 15) is 4.79 Å². The maximum Gasteiger partial charge on any atom is 0.249 e. The van der Waals surface area contributed by atoms with Gasteiger partial charge < -0.3 is 10.1 Å². The van der Waals surface area contributed by atoms with E-state index in [1.54, 1.807) is 0 Å². The fourth-order valence-corrected chi connectivity index (χ4v) is 1.20. The molecule has 1 unspecified atom stereocenters. The summed E-state index contributed by atoms with van der Waals surface area (Å²) in [6.45, 7) is 4.70. The van der Waals surface area contributed by atoms with Gasteiger partial charge in [0.2, 0.25) is 5.91 Å². The van der Waals surface area contributed by atoms with Crippen LogP contribution in [0.4, 0.5) is 0 Å². The van der Waals surface area contributed by atoms with Crippen LogP contribution < -0.4 is 5.32 Å². The van der Waals surface area contributed by atoms with E-state index in [4.69, 9.17) is 4.74 Å². The Kier molecular flexibility index (Phi) is 2.88. The molecule has 0 spiro atoms. The summed E-state index contributed by atoms with van der Waals surface area (Å²) in [4.78, 5) is 11.1. The lowest BCUT2D eigenvalue weighted by Crippen LogP contribution is -2.42. The van der Waals surface area contributed by atoms with Crippen LogP contribution in [0, 0.1) is 0 Å². The molecule has 0 aromatic heterocycles. The van der Waals surface area contributed by atoms with Crippen molar-refractivity contribution in [3.63, 3.8) is 0 Å². The Balaban J connectivity index is 2.36. The maximum absolute atomic E-state index is 11.1. The van der Waals surface area contributed by atoms with Gasteiger partial charge in [0, 0.05) is 6.54 Å². The first-order chi connectivity index (χ1) is 5.20. The van der Waals surface area contributed by atoms with Gasteiger partial charge in [-0.25, -0.2) is 0 Å². The number of rotatable bonds is 2. The van der Waals surface area contributed by atoms with Crippen molar-refractivity contribution in [3.05, 3.63) is 0 Å². The van der Waals surface area contributed by atoms with Gasteiger partial charge in [-0.1, -0.05) is 0 Å². The summed E-state index contributed by atoms with van der Waals surface area (Å²) in [7, 11) is 0. The summed E-state index contributed by atoms with van der Waals surface area (Å²) in [6, 6.07) is 0. The van der Waals surface area contributed by atoms with Crippen molar-refractivity contribution in [1.82, 2.24) is 5.32 Å². The number of amides is 1. The van der Waals surface area contributed by atoms with Gasteiger partial charge in [0.05, 0.1) is 6.10 Å². The summed E-state index contributed by atoms with van der Waals surface area (Å²) in [5.41, 5.74) is 0. The summed E-state index contributed by atoms with van der Waals surface area (Å²) in [5.74, 6) is 0.0463. The molecule has 1 N–H and O–H groups in total. The van der Waals surface area contributed by atoms with Gasteiger partial charge in [0.15, 0.2) is 0 Å². The van der Waals surface area contributed by atoms with E-state index in [1.807, 2.05) is 13.8 Å². The molecule has 0 bridgehead atoms. The highest BCUT2D eigenvalue weighted by molar-refractivity contribution is 5.81. The Morgan fingerprint density at radius 3 is 2.91 bits per heavy atom. The van der Waals surface area contributed by atoms with E-state index in [0.717, 1.165) is 19.4 Å². The predicted molar refractivity (Wildman–Crippen MR) is 42.3 cm³/mol. The van der Waals surface area contributed by atoms with Crippen LogP contribution in [0.1, 0.15) is 26.7 Å². The monoisotopic (exact) mass is 157 g/mol. The van der Waals surface area contributed by atoms with Crippen LogP contribution in [0.15, 0.2) is 0 Å². The van der Waals surface area contributed by atoms with Crippen LogP contribution in [-0.2, 0) is 9.53 Å². The molecular formula is C8H15NO2. The molecule has 1 rings (SSSR count). The molecule has 0 aromatic rings. The van der Waals surface area contributed by atoms with E-state index in [2.05, 4.69) is 5.32 Å². The van der Waals surface area contributed by atoms with Crippen molar-refractivity contribution in [3.8, 4) is 0 Å². The number of hydrogen-bond acceptors (Lipinski definition) is 2. The zero-order valence-electron chi connectivity index (χ0n) is 7.09. The van der Waals surface area contributed by atoms with Crippen LogP contribution in [0.5, 0.6) is 0 Å². The quantitative estimate of drug-likeness (QED) is 0.640. The third kappa shape index (κ3) is 2.50. The standard InChI is InChI=1S/C8H15NO2/c1-6(2)11-7-4-3-5-9-8(7)10/h6-7H,3-5H2,1-2H3,(H,9,10). The first-order valence-electron chi connectivity index (χ1n) is 4.13. The molecule has 1 amide bonds. The second kappa shape index (κ2) is 3.72. The molecule has 0 radical (unpaired) electrons. The van der Waals surface area contributed by atoms with Gasteiger partial charge in [-0.15, -0.1) is 0 Å². The van der Waals surface area contributed by atoms with E-state index in [1.165, 1.54) is 0 Å². The molecule has 0 aromatic carbocycles. The Morgan fingerprint density at radius 2 is 2.36 bits per heavy atom. The third-order valence-corrected chi connectivity index (χ3v) is 1.67. The number of hydrogen-bond donors (Lipinski definition) is 1. The fourth-order valence-electron chi connectivity index (χ4n) is 1.20. The van der Waals surface area contributed by atoms with Crippen molar-refractivity contribution < 1.29 is 9.53 Å². The molecular weight excluding hydrogens is 142 g/mol. The number of carbonyl (C=O) groups excluding carboxylic acids is 1. The molecule has 64 valence electrons. The average Bonchev–Trinajstić information content (AvgIpc) is 1.93. The van der Waals surface area contributed by atoms with Gasteiger partial charge >= 0.3 is 0 Å². The van der Waals surface area contributed by atoms with Crippen LogP contribution in [0.2, 0.25) is 0 Å². The van der Waals surface area contributed by atoms with Gasteiger partial charge in [0.25, 0.3) is 0 Å². The highest BCUT2D eigenvalue weighted by Crippen LogP contribution is 2.09. The lowest BCUT2D eigenvalue weighted by Gasteiger charge is -2.23. The molecule has 0 saturated carbocycles. The molecule has 11 heavy (non-hydrogen) atoms. The van der Waals surface area contributed by atoms with Gasteiger partial charge in [-0.05, 0) is 26.7 Å². The minimum atomic E-state index is -0.205. The Morgan fingerprint density at radius 1 is 1.64 bits per heavy atom. The number of nitrogens with one attached hydrogen (secondary N) is 1. The zero-order chi connectivity index (χ0) is 8.27. The van der Waals surface area contributed by atoms with Crippen LogP contribution >= 0.6 is 0 Å². The lowest BCUT2D eigenvalue weighted by molar-refractivity contribution is -0.138. The van der Waals surface area contributed by atoms with Gasteiger partial charge in [0.1, 0.15) is 6.10 Å². The largest absolute Gasteiger partial charge is 0.366 e. The molecule has 1 atom stereocenters. The van der Waals surface area contributed by atoms with Crippen molar-refractivity contribution in [2.75, 3.05) is 6.54 Å². The number of ether oxygens (including phenoxy) is 1. The summed E-state index contributed by atoms with van der Waals surface area (Å²) < 4.78 is 5.39. The van der Waals surface area contributed by atoms with Crippen molar-refractivity contribution in [2.24, 2.45) is 0 Å². The minimum Gasteiger partial charge on any atom is -0.366 e. The maximum atomic E-state index is 11.1. The van der Waals surface area contributed by atoms with E-state index < -0.39 is 0 Å². The van der Waals surface area contributed by atoms with E-state index in [-0.39, 0.29) is 18.1 Å². The lowest BCUT2D eigenvalue weighted by atomic mass is 10.1. The molecule has 3 heteroatoms. The summed E-state index contributed by atoms with van der Waals surface area (Å²) in [6.07, 6.45) is 1.83. The third-order valence-electron chi connectivity index (χ3n) is 1.67. The Labute approximate surface area is 67.1 Å². The van der Waals surface area contributed by atoms with Gasteiger partial charge in [-0.2, -0.15) is 0 Å². The van der Waals surface area contributed by atoms with Gasteiger partial charge in [-0.3, -0.25) is 4.79 Å². The zero-order valence-corrected chi connectivity index (χ0v) is 7.09. The molecule has 1 aliphatic heterocycles. The van der Waals surface area contributed by atoms with Crippen LogP contribution in [-0.4, -0.2) is 24.7 Å². The minimum absolute atomic E-state index is 0.0463. The Bertz CT molecular complexity index is 145. The average molecular weight is 157 g/mol. The highest BCUT2D eigenvalue weighted by atomic mass is 16.5. The number of carbonyl (C=O) groups is 1. The topological polar surface area (TPSA) is 38.3 Å². The van der Waals surface area contributed by atoms with Crippen LogP contribution in [0.3, 0.4) is 0 Å². The summed E-state index contributed by atoms with van der Waals surface area (Å²) in [5, 5.41) is 2.77. The molecule has 1 fully saturated rings. The van der Waals surface area contributed by atoms with E-state index in [0.29, 0.717) is 0 Å².